The number of aliphatic imine (C=N–C) groups is 1. The summed E-state index contributed by atoms with van der Waals surface area (Å²) in [5.74, 6) is 0.522. The average Bonchev–Trinajstić information content (AvgIpc) is 3.34. The molecule has 0 bridgehead atoms. The summed E-state index contributed by atoms with van der Waals surface area (Å²) >= 11 is 0. The molecule has 0 saturated heterocycles. The molecule has 3 N–H and O–H groups in total. The highest BCUT2D eigenvalue weighted by atomic mass is 127. The van der Waals surface area contributed by atoms with Crippen LogP contribution in [0, 0.1) is 11.2 Å². The SMILES string of the molecule is CN=C(NCCNC(=O)C(C)(C)C)NCC1(c2cccc(F)c2)CC1.I. The molecule has 0 radical (unpaired) electrons. The Bertz CT molecular complexity index is 639. The third-order valence-electron chi connectivity index (χ3n) is 4.49. The number of halogens is 2. The number of hydrogen-bond donors (Lipinski definition) is 3. The second-order valence-electron chi connectivity index (χ2n) is 7.65. The van der Waals surface area contributed by atoms with Crippen LogP contribution >= 0.6 is 24.0 Å². The van der Waals surface area contributed by atoms with Crippen LogP contribution in [-0.4, -0.2) is 38.5 Å². The number of nitrogens with zero attached hydrogens (tertiary/aromatic N) is 1. The minimum absolute atomic E-state index is 0. The molecule has 0 aromatic heterocycles. The second kappa shape index (κ2) is 9.53. The molecule has 146 valence electrons. The molecule has 0 spiro atoms. The van der Waals surface area contributed by atoms with Crippen molar-refractivity contribution in [1.82, 2.24) is 16.0 Å². The Morgan fingerprint density at radius 2 is 1.85 bits per heavy atom. The minimum atomic E-state index is -0.386. The summed E-state index contributed by atoms with van der Waals surface area (Å²) in [7, 11) is 1.71. The first-order valence-corrected chi connectivity index (χ1v) is 8.76. The zero-order chi connectivity index (χ0) is 18.5. The molecule has 7 heteroatoms. The third-order valence-corrected chi connectivity index (χ3v) is 4.49. The van der Waals surface area contributed by atoms with E-state index < -0.39 is 0 Å². The van der Waals surface area contributed by atoms with Gasteiger partial charge in [0.25, 0.3) is 0 Å². The number of nitrogens with one attached hydrogen (secondary N) is 3. The fraction of sp³-hybridized carbons (Fsp3) is 0.579. The lowest BCUT2D eigenvalue weighted by Gasteiger charge is -2.20. The van der Waals surface area contributed by atoms with Gasteiger partial charge in [0.2, 0.25) is 5.91 Å². The lowest BCUT2D eigenvalue weighted by molar-refractivity contribution is -0.128. The van der Waals surface area contributed by atoms with Gasteiger partial charge in [-0.25, -0.2) is 4.39 Å². The number of amides is 1. The van der Waals surface area contributed by atoms with Gasteiger partial charge in [0.15, 0.2) is 5.96 Å². The van der Waals surface area contributed by atoms with Crippen LogP contribution in [0.4, 0.5) is 4.39 Å². The van der Waals surface area contributed by atoms with Crippen LogP contribution in [0.3, 0.4) is 0 Å². The predicted molar refractivity (Wildman–Crippen MR) is 115 cm³/mol. The molecule has 0 unspecified atom stereocenters. The number of carbonyl (C=O) groups is 1. The molecule has 0 heterocycles. The van der Waals surface area contributed by atoms with E-state index in [1.54, 1.807) is 19.2 Å². The zero-order valence-electron chi connectivity index (χ0n) is 16.0. The molecule has 1 fully saturated rings. The molecule has 5 nitrogen and oxygen atoms in total. The van der Waals surface area contributed by atoms with Crippen molar-refractivity contribution >= 4 is 35.8 Å². The van der Waals surface area contributed by atoms with E-state index in [-0.39, 0.29) is 46.5 Å². The van der Waals surface area contributed by atoms with Crippen LogP contribution in [0.2, 0.25) is 0 Å². The lowest BCUT2D eigenvalue weighted by Crippen LogP contribution is -2.45. The van der Waals surface area contributed by atoms with Crippen molar-refractivity contribution in [2.24, 2.45) is 10.4 Å². The monoisotopic (exact) mass is 476 g/mol. The van der Waals surface area contributed by atoms with Gasteiger partial charge in [-0.1, -0.05) is 32.9 Å². The molecule has 1 saturated carbocycles. The molecule has 1 amide bonds. The summed E-state index contributed by atoms with van der Waals surface area (Å²) in [5.41, 5.74) is 0.650. The molecule has 1 aliphatic carbocycles. The van der Waals surface area contributed by atoms with Gasteiger partial charge in [-0.2, -0.15) is 0 Å². The summed E-state index contributed by atoms with van der Waals surface area (Å²) in [6.07, 6.45) is 2.09. The predicted octanol–water partition coefficient (Wildman–Crippen LogP) is 2.80. The number of hydrogen-bond acceptors (Lipinski definition) is 2. The molecular weight excluding hydrogens is 446 g/mol. The second-order valence-corrected chi connectivity index (χ2v) is 7.65. The zero-order valence-corrected chi connectivity index (χ0v) is 18.3. The van der Waals surface area contributed by atoms with Crippen molar-refractivity contribution < 1.29 is 9.18 Å². The maximum absolute atomic E-state index is 13.5. The van der Waals surface area contributed by atoms with Crippen LogP contribution in [0.5, 0.6) is 0 Å². The molecule has 1 aromatic rings. The summed E-state index contributed by atoms with van der Waals surface area (Å²) in [6.45, 7) is 7.50. The summed E-state index contributed by atoms with van der Waals surface area (Å²) < 4.78 is 13.5. The summed E-state index contributed by atoms with van der Waals surface area (Å²) in [6, 6.07) is 6.83. The van der Waals surface area contributed by atoms with E-state index >= 15 is 0 Å². The summed E-state index contributed by atoms with van der Waals surface area (Å²) in [4.78, 5) is 16.0. The van der Waals surface area contributed by atoms with Crippen molar-refractivity contribution in [3.63, 3.8) is 0 Å². The van der Waals surface area contributed by atoms with E-state index in [1.165, 1.54) is 6.07 Å². The van der Waals surface area contributed by atoms with Crippen molar-refractivity contribution in [2.45, 2.75) is 39.0 Å². The first-order chi connectivity index (χ1) is 11.8. The van der Waals surface area contributed by atoms with Gasteiger partial charge in [0.1, 0.15) is 5.82 Å². The molecule has 0 atom stereocenters. The van der Waals surface area contributed by atoms with Crippen LogP contribution in [0.25, 0.3) is 0 Å². The standard InChI is InChI=1S/C19H29FN4O.HI/c1-18(2,3)16(25)22-10-11-23-17(21-4)24-13-19(8-9-19)14-6-5-7-15(20)12-14;/h5-7,12H,8-11,13H2,1-4H3,(H,22,25)(H2,21,23,24);1H. The molecule has 1 aromatic carbocycles. The fourth-order valence-corrected chi connectivity index (χ4v) is 2.63. The van der Waals surface area contributed by atoms with Crippen LogP contribution in [0.1, 0.15) is 39.2 Å². The Morgan fingerprint density at radius 3 is 2.38 bits per heavy atom. The smallest absolute Gasteiger partial charge is 0.225 e. The van der Waals surface area contributed by atoms with E-state index in [2.05, 4.69) is 20.9 Å². The van der Waals surface area contributed by atoms with Gasteiger partial charge in [0.05, 0.1) is 0 Å². The number of benzene rings is 1. The molecular formula is C19H30FIN4O. The molecule has 26 heavy (non-hydrogen) atoms. The van der Waals surface area contributed by atoms with Crippen LogP contribution in [-0.2, 0) is 10.2 Å². The topological polar surface area (TPSA) is 65.5 Å². The van der Waals surface area contributed by atoms with E-state index in [4.69, 9.17) is 0 Å². The normalized spacial score (nSPS) is 15.7. The highest BCUT2D eigenvalue weighted by Crippen LogP contribution is 2.47. The van der Waals surface area contributed by atoms with Crippen molar-refractivity contribution in [2.75, 3.05) is 26.7 Å². The Morgan fingerprint density at radius 1 is 1.19 bits per heavy atom. The average molecular weight is 476 g/mol. The Kier molecular flexibility index (Phi) is 8.30. The number of guanidine groups is 1. The molecule has 0 aliphatic heterocycles. The maximum Gasteiger partial charge on any atom is 0.225 e. The quantitative estimate of drug-likeness (QED) is 0.256. The van der Waals surface area contributed by atoms with Gasteiger partial charge >= 0.3 is 0 Å². The van der Waals surface area contributed by atoms with Crippen LogP contribution < -0.4 is 16.0 Å². The highest BCUT2D eigenvalue weighted by molar-refractivity contribution is 14.0. The summed E-state index contributed by atoms with van der Waals surface area (Å²) in [5, 5.41) is 9.39. The van der Waals surface area contributed by atoms with Gasteiger partial charge < -0.3 is 16.0 Å². The Balaban J connectivity index is 0.00000338. The van der Waals surface area contributed by atoms with Crippen LogP contribution in [0.15, 0.2) is 29.3 Å². The fourth-order valence-electron chi connectivity index (χ4n) is 2.63. The largest absolute Gasteiger partial charge is 0.356 e. The van der Waals surface area contributed by atoms with Crippen molar-refractivity contribution in [1.29, 1.82) is 0 Å². The van der Waals surface area contributed by atoms with E-state index in [0.29, 0.717) is 25.6 Å². The maximum atomic E-state index is 13.5. The van der Waals surface area contributed by atoms with E-state index in [9.17, 15) is 9.18 Å². The van der Waals surface area contributed by atoms with Gasteiger partial charge in [-0.05, 0) is 30.5 Å². The van der Waals surface area contributed by atoms with Gasteiger partial charge in [-0.3, -0.25) is 9.79 Å². The van der Waals surface area contributed by atoms with Crippen molar-refractivity contribution in [3.8, 4) is 0 Å². The number of rotatable bonds is 6. The van der Waals surface area contributed by atoms with Gasteiger partial charge in [0, 0.05) is 37.5 Å². The van der Waals surface area contributed by atoms with Crippen molar-refractivity contribution in [3.05, 3.63) is 35.6 Å². The number of carbonyl (C=O) groups excluding carboxylic acids is 1. The lowest BCUT2D eigenvalue weighted by atomic mass is 9.96. The molecule has 2 rings (SSSR count). The first-order valence-electron chi connectivity index (χ1n) is 8.76. The first kappa shape index (κ1) is 22.7. The third kappa shape index (κ3) is 6.41. The molecule has 1 aliphatic rings. The van der Waals surface area contributed by atoms with Gasteiger partial charge in [-0.15, -0.1) is 24.0 Å². The Labute approximate surface area is 172 Å². The van der Waals surface area contributed by atoms with E-state index in [1.807, 2.05) is 26.8 Å². The van der Waals surface area contributed by atoms with E-state index in [0.717, 1.165) is 18.4 Å². The highest BCUT2D eigenvalue weighted by Gasteiger charge is 2.44. The minimum Gasteiger partial charge on any atom is -0.356 e. The Hall–Kier alpha value is -1.38.